The summed E-state index contributed by atoms with van der Waals surface area (Å²) in [6.07, 6.45) is 3.20. The van der Waals surface area contributed by atoms with Gasteiger partial charge in [0.05, 0.1) is 18.3 Å². The molecule has 43 heavy (non-hydrogen) atoms. The molecule has 3 aromatic rings. The number of carbonyl (C=O) groups excluding carboxylic acids is 4. The number of fused-ring (bicyclic) bond motifs is 1. The van der Waals surface area contributed by atoms with Crippen LogP contribution in [0, 0.1) is 0 Å². The number of ether oxygens (including phenoxy) is 1. The Kier molecular flexibility index (Phi) is 8.96. The number of nitrogens with one attached hydrogen (secondary N) is 4. The third kappa shape index (κ3) is 6.64. The molecule has 0 saturated carbocycles. The molecule has 12 nitrogen and oxygen atoms in total. The summed E-state index contributed by atoms with van der Waals surface area (Å²) in [6, 6.07) is 13.7. The molecule has 5 rings (SSSR count). The van der Waals surface area contributed by atoms with E-state index in [0.29, 0.717) is 36.3 Å². The molecule has 4 N–H and O–H groups in total. The van der Waals surface area contributed by atoms with Gasteiger partial charge in [-0.05, 0) is 50.4 Å². The number of rotatable bonds is 9. The molecule has 1 saturated heterocycles. The topological polar surface area (TPSA) is 161 Å². The molecule has 1 aliphatic carbocycles. The Labute approximate surface area is 248 Å². The van der Waals surface area contributed by atoms with Crippen LogP contribution >= 0.6 is 0 Å². The first kappa shape index (κ1) is 29.6. The smallest absolute Gasteiger partial charge is 0.306 e. The summed E-state index contributed by atoms with van der Waals surface area (Å²) in [5.41, 5.74) is 2.46. The minimum Gasteiger partial charge on any atom is -0.452 e. The van der Waals surface area contributed by atoms with E-state index in [2.05, 4.69) is 26.3 Å². The zero-order valence-corrected chi connectivity index (χ0v) is 24.0. The summed E-state index contributed by atoms with van der Waals surface area (Å²) < 4.78 is 6.36. The fourth-order valence-corrected chi connectivity index (χ4v) is 5.34. The van der Waals surface area contributed by atoms with E-state index < -0.39 is 29.5 Å². The van der Waals surface area contributed by atoms with Gasteiger partial charge in [-0.2, -0.15) is 0 Å². The SMILES string of the molecule is CN[C@@H](C)C(=O)Nc1cnc(-c2ccccc2)n(CC(=O)NC2CCCc3c(NC(=O)C4CCC(=O)O4)cccc32)c1=O. The Balaban J connectivity index is 1.37. The lowest BCUT2D eigenvalue weighted by Gasteiger charge is -2.28. The van der Waals surface area contributed by atoms with Crippen LogP contribution in [0.1, 0.15) is 49.8 Å². The van der Waals surface area contributed by atoms with E-state index in [1.54, 1.807) is 38.2 Å². The third-order valence-corrected chi connectivity index (χ3v) is 7.74. The lowest BCUT2D eigenvalue weighted by Crippen LogP contribution is -2.40. The van der Waals surface area contributed by atoms with Crippen LogP contribution in [0.25, 0.3) is 11.4 Å². The van der Waals surface area contributed by atoms with Crippen molar-refractivity contribution < 1.29 is 23.9 Å². The fourth-order valence-electron chi connectivity index (χ4n) is 5.34. The van der Waals surface area contributed by atoms with Gasteiger partial charge in [-0.25, -0.2) is 4.98 Å². The summed E-state index contributed by atoms with van der Waals surface area (Å²) >= 11 is 0. The lowest BCUT2D eigenvalue weighted by atomic mass is 9.86. The summed E-state index contributed by atoms with van der Waals surface area (Å²) in [5.74, 6) is -1.27. The third-order valence-electron chi connectivity index (χ3n) is 7.74. The lowest BCUT2D eigenvalue weighted by molar-refractivity contribution is -0.146. The maximum atomic E-state index is 13.5. The molecule has 1 aliphatic heterocycles. The Morgan fingerprint density at radius 2 is 1.79 bits per heavy atom. The summed E-state index contributed by atoms with van der Waals surface area (Å²) in [7, 11) is 1.64. The minimum atomic E-state index is -0.810. The van der Waals surface area contributed by atoms with Gasteiger partial charge in [0.25, 0.3) is 11.5 Å². The van der Waals surface area contributed by atoms with E-state index in [9.17, 15) is 24.0 Å². The molecule has 2 heterocycles. The average molecular weight is 587 g/mol. The highest BCUT2D eigenvalue weighted by Crippen LogP contribution is 2.34. The maximum Gasteiger partial charge on any atom is 0.306 e. The molecule has 224 valence electrons. The Morgan fingerprint density at radius 1 is 1.00 bits per heavy atom. The molecule has 2 unspecified atom stereocenters. The van der Waals surface area contributed by atoms with Gasteiger partial charge < -0.3 is 26.0 Å². The van der Waals surface area contributed by atoms with Crippen LogP contribution < -0.4 is 26.8 Å². The number of benzene rings is 2. The number of cyclic esters (lactones) is 1. The van der Waals surface area contributed by atoms with Gasteiger partial charge in [0.2, 0.25) is 11.8 Å². The van der Waals surface area contributed by atoms with E-state index in [-0.39, 0.29) is 36.6 Å². The van der Waals surface area contributed by atoms with Gasteiger partial charge in [0, 0.05) is 24.1 Å². The van der Waals surface area contributed by atoms with Crippen molar-refractivity contribution in [2.24, 2.45) is 0 Å². The highest BCUT2D eigenvalue weighted by Gasteiger charge is 2.31. The van der Waals surface area contributed by atoms with Crippen LogP contribution in [-0.4, -0.2) is 52.4 Å². The summed E-state index contributed by atoms with van der Waals surface area (Å²) in [5, 5.41) is 11.4. The Hall–Kier alpha value is -4.84. The molecule has 0 radical (unpaired) electrons. The Bertz CT molecular complexity index is 1600. The van der Waals surface area contributed by atoms with Crippen molar-refractivity contribution in [3.05, 3.63) is 76.2 Å². The van der Waals surface area contributed by atoms with Crippen LogP contribution in [-0.2, 0) is 36.9 Å². The summed E-state index contributed by atoms with van der Waals surface area (Å²) in [6.45, 7) is 1.34. The number of carbonyl (C=O) groups is 4. The average Bonchev–Trinajstić information content (AvgIpc) is 3.46. The molecule has 0 bridgehead atoms. The number of nitrogens with zero attached hydrogens (tertiary/aromatic N) is 2. The second-order valence-electron chi connectivity index (χ2n) is 10.6. The zero-order valence-electron chi connectivity index (χ0n) is 24.0. The molecule has 2 aliphatic rings. The highest BCUT2D eigenvalue weighted by atomic mass is 16.6. The second-order valence-corrected chi connectivity index (χ2v) is 10.6. The van der Waals surface area contributed by atoms with E-state index in [1.807, 2.05) is 24.3 Å². The number of aromatic nitrogens is 2. The van der Waals surface area contributed by atoms with Crippen molar-refractivity contribution in [1.82, 2.24) is 20.2 Å². The molecule has 0 spiro atoms. The zero-order chi connectivity index (χ0) is 30.5. The monoisotopic (exact) mass is 586 g/mol. The number of hydrogen-bond donors (Lipinski definition) is 4. The van der Waals surface area contributed by atoms with Gasteiger partial charge in [-0.1, -0.05) is 42.5 Å². The van der Waals surface area contributed by atoms with Crippen molar-refractivity contribution >= 4 is 35.1 Å². The molecule has 2 aromatic carbocycles. The first-order valence-electron chi connectivity index (χ1n) is 14.3. The number of esters is 1. The van der Waals surface area contributed by atoms with E-state index in [0.717, 1.165) is 17.5 Å². The molecular formula is C31H34N6O6. The highest BCUT2D eigenvalue weighted by molar-refractivity contribution is 5.97. The number of hydrogen-bond acceptors (Lipinski definition) is 8. The van der Waals surface area contributed by atoms with E-state index in [4.69, 9.17) is 4.74 Å². The standard InChI is InChI=1S/C31H34N6O6/c1-18(32-2)29(40)36-24-16-33-28(19-8-4-3-5-9-19)37(31(24)42)17-26(38)34-22-12-6-11-21-20(22)10-7-13-23(21)35-30(41)25-14-15-27(39)43-25/h3-5,7-10,13,16,18,22,25,32H,6,11-12,14-15,17H2,1-2H3,(H,34,38)(H,35,41)(H,36,40)/t18-,22?,25?/m0/s1. The molecule has 3 atom stereocenters. The predicted octanol–water partition coefficient (Wildman–Crippen LogP) is 2.29. The van der Waals surface area contributed by atoms with Gasteiger partial charge >= 0.3 is 5.97 Å². The van der Waals surface area contributed by atoms with Crippen LogP contribution in [0.2, 0.25) is 0 Å². The van der Waals surface area contributed by atoms with Crippen LogP contribution in [0.3, 0.4) is 0 Å². The molecule has 1 aromatic heterocycles. The Morgan fingerprint density at radius 3 is 2.51 bits per heavy atom. The predicted molar refractivity (Wildman–Crippen MR) is 159 cm³/mol. The van der Waals surface area contributed by atoms with E-state index in [1.165, 1.54) is 10.8 Å². The van der Waals surface area contributed by atoms with Crippen molar-refractivity contribution in [2.45, 2.75) is 63.8 Å². The van der Waals surface area contributed by atoms with Crippen molar-refractivity contribution in [3.8, 4) is 11.4 Å². The van der Waals surface area contributed by atoms with Gasteiger partial charge in [0.1, 0.15) is 18.1 Å². The van der Waals surface area contributed by atoms with Crippen molar-refractivity contribution in [1.29, 1.82) is 0 Å². The molecule has 12 heteroatoms. The van der Waals surface area contributed by atoms with Gasteiger partial charge in [-0.3, -0.25) is 28.5 Å². The number of likely N-dealkylation sites (N-methyl/N-ethyl adjacent to an activating group) is 1. The van der Waals surface area contributed by atoms with E-state index >= 15 is 0 Å². The molecular weight excluding hydrogens is 552 g/mol. The molecule has 1 fully saturated rings. The quantitative estimate of drug-likeness (QED) is 0.278. The molecule has 3 amide bonds. The largest absolute Gasteiger partial charge is 0.452 e. The normalized spacial score (nSPS) is 18.2. The van der Waals surface area contributed by atoms with Gasteiger partial charge in [0.15, 0.2) is 6.10 Å². The fraction of sp³-hybridized carbons (Fsp3) is 0.355. The van der Waals surface area contributed by atoms with Crippen LogP contribution in [0.15, 0.2) is 59.5 Å². The first-order valence-corrected chi connectivity index (χ1v) is 14.3. The maximum absolute atomic E-state index is 13.5. The second kappa shape index (κ2) is 13.0. The minimum absolute atomic E-state index is 0.0316. The van der Waals surface area contributed by atoms with Crippen LogP contribution in [0.5, 0.6) is 0 Å². The van der Waals surface area contributed by atoms with Crippen LogP contribution in [0.4, 0.5) is 11.4 Å². The first-order chi connectivity index (χ1) is 20.7. The number of anilines is 2. The van der Waals surface area contributed by atoms with Crippen molar-refractivity contribution in [2.75, 3.05) is 17.7 Å². The van der Waals surface area contributed by atoms with Crippen molar-refractivity contribution in [3.63, 3.8) is 0 Å². The number of amides is 3. The summed E-state index contributed by atoms with van der Waals surface area (Å²) in [4.78, 5) is 68.1. The van der Waals surface area contributed by atoms with Gasteiger partial charge in [-0.15, -0.1) is 0 Å².